The molecule has 0 atom stereocenters. The van der Waals surface area contributed by atoms with Crippen molar-refractivity contribution in [3.05, 3.63) is 40.0 Å². The monoisotopic (exact) mass is 275 g/mol. The average Bonchev–Trinajstić information content (AvgIpc) is 2.23. The van der Waals surface area contributed by atoms with Gasteiger partial charge >= 0.3 is 0 Å². The van der Waals surface area contributed by atoms with Crippen LogP contribution in [0.3, 0.4) is 0 Å². The lowest BCUT2D eigenvalue weighted by Crippen LogP contribution is -2.12. The molecule has 0 radical (unpaired) electrons. The summed E-state index contributed by atoms with van der Waals surface area (Å²) in [5, 5.41) is 8.97. The number of amidine groups is 1. The molecule has 0 saturated carbocycles. The zero-order valence-electron chi connectivity index (χ0n) is 8.00. The van der Waals surface area contributed by atoms with Gasteiger partial charge in [-0.25, -0.2) is 4.98 Å². The summed E-state index contributed by atoms with van der Waals surface area (Å²) in [6.07, 6.45) is 0. The topological polar surface area (TPSA) is 62.8 Å². The maximum absolute atomic E-state index is 7.27. The molecule has 0 spiro atoms. The molecular weight excluding hydrogens is 268 g/mol. The second kappa shape index (κ2) is 4.87. The summed E-state index contributed by atoms with van der Waals surface area (Å²) in [6.45, 7) is 0. The highest BCUT2D eigenvalue weighted by atomic mass is 35.5. The first-order valence-corrected chi connectivity index (χ1v) is 4.94. The number of nitrogens with two attached hydrogens (primary N) is 1. The van der Waals surface area contributed by atoms with Crippen molar-refractivity contribution in [2.75, 3.05) is 0 Å². The Balaban J connectivity index is 0.00000128. The molecule has 1 aromatic heterocycles. The molecule has 0 fully saturated rings. The zero-order valence-corrected chi connectivity index (χ0v) is 10.3. The SMILES string of the molecule is Cl.N=C(N)c1ccc2ccc(Cl)c(Cl)c2n1. The van der Waals surface area contributed by atoms with Crippen LogP contribution in [0, 0.1) is 5.41 Å². The summed E-state index contributed by atoms with van der Waals surface area (Å²) in [5.74, 6) is -0.0899. The van der Waals surface area contributed by atoms with Crippen molar-refractivity contribution in [2.24, 2.45) is 5.73 Å². The standard InChI is InChI=1S/C10H7Cl2N3.ClH/c11-6-3-1-5-2-4-7(10(13)14)15-9(5)8(6)12;/h1-4H,(H3,13,14);1H. The Morgan fingerprint density at radius 2 is 1.81 bits per heavy atom. The maximum atomic E-state index is 7.27. The van der Waals surface area contributed by atoms with Gasteiger partial charge in [0.1, 0.15) is 11.5 Å². The van der Waals surface area contributed by atoms with Crippen LogP contribution in [0.1, 0.15) is 5.69 Å². The Labute approximate surface area is 108 Å². The first kappa shape index (κ1) is 13.0. The van der Waals surface area contributed by atoms with Gasteiger partial charge in [0.05, 0.1) is 15.6 Å². The first-order chi connectivity index (χ1) is 7.09. The van der Waals surface area contributed by atoms with Crippen LogP contribution >= 0.6 is 35.6 Å². The molecule has 0 aliphatic heterocycles. The third kappa shape index (κ3) is 2.21. The van der Waals surface area contributed by atoms with Crippen LogP contribution in [0.4, 0.5) is 0 Å². The second-order valence-electron chi connectivity index (χ2n) is 3.04. The zero-order chi connectivity index (χ0) is 11.0. The highest BCUT2D eigenvalue weighted by Gasteiger charge is 2.07. The van der Waals surface area contributed by atoms with Gasteiger partial charge in [0, 0.05) is 5.39 Å². The molecule has 0 bridgehead atoms. The fourth-order valence-electron chi connectivity index (χ4n) is 1.28. The molecule has 1 heterocycles. The summed E-state index contributed by atoms with van der Waals surface area (Å²) in [4.78, 5) is 4.17. The minimum atomic E-state index is -0.0899. The van der Waals surface area contributed by atoms with Crippen molar-refractivity contribution in [1.29, 1.82) is 5.41 Å². The van der Waals surface area contributed by atoms with Gasteiger partial charge in [0.25, 0.3) is 0 Å². The van der Waals surface area contributed by atoms with Crippen LogP contribution in [0.5, 0.6) is 0 Å². The minimum Gasteiger partial charge on any atom is -0.382 e. The number of fused-ring (bicyclic) bond motifs is 1. The van der Waals surface area contributed by atoms with Crippen molar-refractivity contribution >= 4 is 52.3 Å². The number of pyridine rings is 1. The summed E-state index contributed by atoms with van der Waals surface area (Å²) >= 11 is 11.9. The van der Waals surface area contributed by atoms with E-state index >= 15 is 0 Å². The largest absolute Gasteiger partial charge is 0.382 e. The first-order valence-electron chi connectivity index (χ1n) is 4.19. The number of hydrogen-bond acceptors (Lipinski definition) is 2. The van der Waals surface area contributed by atoms with Crippen LogP contribution in [-0.4, -0.2) is 10.8 Å². The van der Waals surface area contributed by atoms with Crippen LogP contribution in [0.25, 0.3) is 10.9 Å². The number of rotatable bonds is 1. The predicted octanol–water partition coefficient (Wildman–Crippen LogP) is 3.25. The fourth-order valence-corrected chi connectivity index (χ4v) is 1.65. The summed E-state index contributed by atoms with van der Waals surface area (Å²) in [7, 11) is 0. The van der Waals surface area contributed by atoms with E-state index in [1.165, 1.54) is 0 Å². The number of benzene rings is 1. The van der Waals surface area contributed by atoms with E-state index in [-0.39, 0.29) is 18.2 Å². The number of hydrogen-bond donors (Lipinski definition) is 2. The lowest BCUT2D eigenvalue weighted by atomic mass is 10.2. The number of aromatic nitrogens is 1. The lowest BCUT2D eigenvalue weighted by molar-refractivity contribution is 1.31. The molecule has 2 rings (SSSR count). The van der Waals surface area contributed by atoms with Crippen LogP contribution in [0.2, 0.25) is 10.0 Å². The van der Waals surface area contributed by atoms with E-state index in [0.717, 1.165) is 5.39 Å². The van der Waals surface area contributed by atoms with Crippen molar-refractivity contribution < 1.29 is 0 Å². The van der Waals surface area contributed by atoms with E-state index in [9.17, 15) is 0 Å². The Kier molecular flexibility index (Phi) is 3.97. The van der Waals surface area contributed by atoms with E-state index in [1.54, 1.807) is 18.2 Å². The molecule has 3 nitrogen and oxygen atoms in total. The van der Waals surface area contributed by atoms with Crippen molar-refractivity contribution in [1.82, 2.24) is 4.98 Å². The molecule has 0 aliphatic rings. The van der Waals surface area contributed by atoms with E-state index < -0.39 is 0 Å². The van der Waals surface area contributed by atoms with Gasteiger partial charge in [-0.05, 0) is 12.1 Å². The van der Waals surface area contributed by atoms with E-state index in [0.29, 0.717) is 21.3 Å². The molecule has 6 heteroatoms. The Bertz CT molecular complexity index is 554. The molecule has 0 aliphatic carbocycles. The Hall–Kier alpha value is -1.03. The van der Waals surface area contributed by atoms with Crippen LogP contribution in [-0.2, 0) is 0 Å². The van der Waals surface area contributed by atoms with Crippen molar-refractivity contribution in [3.63, 3.8) is 0 Å². The highest BCUT2D eigenvalue weighted by Crippen LogP contribution is 2.29. The van der Waals surface area contributed by atoms with Gasteiger partial charge in [-0.1, -0.05) is 35.3 Å². The van der Waals surface area contributed by atoms with E-state index in [4.69, 9.17) is 34.3 Å². The molecule has 0 saturated heterocycles. The maximum Gasteiger partial charge on any atom is 0.141 e. The Morgan fingerprint density at radius 1 is 1.19 bits per heavy atom. The summed E-state index contributed by atoms with van der Waals surface area (Å²) in [6, 6.07) is 7.01. The molecule has 84 valence electrons. The highest BCUT2D eigenvalue weighted by molar-refractivity contribution is 6.45. The van der Waals surface area contributed by atoms with E-state index in [2.05, 4.69) is 4.98 Å². The van der Waals surface area contributed by atoms with Crippen LogP contribution < -0.4 is 5.73 Å². The molecular formula is C10H8Cl3N3. The molecule has 0 unspecified atom stereocenters. The van der Waals surface area contributed by atoms with Crippen molar-refractivity contribution in [3.8, 4) is 0 Å². The number of nitrogen functional groups attached to an aromatic ring is 1. The fraction of sp³-hybridized carbons (Fsp3) is 0. The second-order valence-corrected chi connectivity index (χ2v) is 3.83. The minimum absolute atomic E-state index is 0. The molecule has 0 amide bonds. The normalized spacial score (nSPS) is 9.88. The van der Waals surface area contributed by atoms with Gasteiger partial charge in [-0.15, -0.1) is 12.4 Å². The molecule has 16 heavy (non-hydrogen) atoms. The molecule has 3 N–H and O–H groups in total. The smallest absolute Gasteiger partial charge is 0.141 e. The average molecular weight is 277 g/mol. The third-order valence-electron chi connectivity index (χ3n) is 2.03. The quantitative estimate of drug-likeness (QED) is 0.620. The Morgan fingerprint density at radius 3 is 2.44 bits per heavy atom. The van der Waals surface area contributed by atoms with Crippen LogP contribution in [0.15, 0.2) is 24.3 Å². The molecule has 1 aromatic carbocycles. The van der Waals surface area contributed by atoms with E-state index in [1.807, 2.05) is 6.07 Å². The van der Waals surface area contributed by atoms with Gasteiger partial charge in [0.15, 0.2) is 0 Å². The number of halogens is 3. The number of nitrogens with zero attached hydrogens (tertiary/aromatic N) is 1. The summed E-state index contributed by atoms with van der Waals surface area (Å²) < 4.78 is 0. The summed E-state index contributed by atoms with van der Waals surface area (Å²) in [5.41, 5.74) is 6.30. The third-order valence-corrected chi connectivity index (χ3v) is 2.82. The van der Waals surface area contributed by atoms with Crippen molar-refractivity contribution in [2.45, 2.75) is 0 Å². The predicted molar refractivity (Wildman–Crippen MR) is 70.0 cm³/mol. The number of nitrogens with one attached hydrogen (secondary N) is 1. The lowest BCUT2D eigenvalue weighted by Gasteiger charge is -2.03. The van der Waals surface area contributed by atoms with Gasteiger partial charge < -0.3 is 5.73 Å². The van der Waals surface area contributed by atoms with Gasteiger partial charge in [-0.2, -0.15) is 0 Å². The molecule has 2 aromatic rings. The van der Waals surface area contributed by atoms with Gasteiger partial charge in [0.2, 0.25) is 0 Å². The van der Waals surface area contributed by atoms with Gasteiger partial charge in [-0.3, -0.25) is 5.41 Å².